The van der Waals surface area contributed by atoms with Crippen LogP contribution in [0, 0.1) is 0 Å². The van der Waals surface area contributed by atoms with Crippen LogP contribution >= 0.6 is 0 Å². The van der Waals surface area contributed by atoms with Crippen molar-refractivity contribution in [2.45, 2.75) is 39.5 Å². The van der Waals surface area contributed by atoms with Crippen LogP contribution in [-0.4, -0.2) is 32.3 Å². The van der Waals surface area contributed by atoms with Crippen molar-refractivity contribution in [2.75, 3.05) is 5.32 Å². The van der Waals surface area contributed by atoms with Crippen LogP contribution in [0.25, 0.3) is 0 Å². The molecule has 1 unspecified atom stereocenters. The van der Waals surface area contributed by atoms with Gasteiger partial charge in [-0.15, -0.1) is 0 Å². The number of allylic oxidation sites excluding steroid dienone is 1. The molecule has 8 nitrogen and oxygen atoms in total. The van der Waals surface area contributed by atoms with Gasteiger partial charge in [0.25, 0.3) is 0 Å². The highest BCUT2D eigenvalue weighted by Crippen LogP contribution is 2.36. The lowest BCUT2D eigenvalue weighted by atomic mass is 9.95. The van der Waals surface area contributed by atoms with Crippen LogP contribution in [0.2, 0.25) is 0 Å². The lowest BCUT2D eigenvalue weighted by molar-refractivity contribution is -0.143. The minimum Gasteiger partial charge on any atom is -0.489 e. The molecule has 30 heavy (non-hydrogen) atoms. The number of nitrogens with one attached hydrogen (secondary N) is 1. The molecule has 1 N–H and O–H groups in total. The predicted molar refractivity (Wildman–Crippen MR) is 111 cm³/mol. The number of anilines is 1. The molecule has 3 aromatic rings. The minimum absolute atomic E-state index is 0.241. The van der Waals surface area contributed by atoms with E-state index in [1.54, 1.807) is 4.68 Å². The summed E-state index contributed by atoms with van der Waals surface area (Å²) in [7, 11) is 0. The summed E-state index contributed by atoms with van der Waals surface area (Å²) in [6, 6.07) is 17.0. The van der Waals surface area contributed by atoms with Crippen LogP contribution in [0.4, 0.5) is 5.95 Å². The third-order valence-electron chi connectivity index (χ3n) is 4.70. The van der Waals surface area contributed by atoms with Crippen molar-refractivity contribution in [3.63, 3.8) is 0 Å². The maximum absolute atomic E-state index is 12.9. The molecule has 2 heterocycles. The fraction of sp³-hybridized carbons (Fsp3) is 0.273. The maximum Gasteiger partial charge on any atom is 0.338 e. The van der Waals surface area contributed by atoms with Crippen molar-refractivity contribution in [1.29, 1.82) is 0 Å². The summed E-state index contributed by atoms with van der Waals surface area (Å²) in [5.74, 6) is 0.754. The predicted octanol–water partition coefficient (Wildman–Crippen LogP) is 3.49. The van der Waals surface area contributed by atoms with E-state index >= 15 is 0 Å². The SMILES string of the molecule is CC1=C(C(=O)OC(C)C)C(c2cccc(OCc3ccccc3)c2)n2nnnc2N1. The van der Waals surface area contributed by atoms with Gasteiger partial charge in [-0.3, -0.25) is 0 Å². The number of nitrogens with zero attached hydrogens (tertiary/aromatic N) is 4. The molecule has 2 aromatic carbocycles. The lowest BCUT2D eigenvalue weighted by Crippen LogP contribution is -2.30. The lowest BCUT2D eigenvalue weighted by Gasteiger charge is -2.28. The van der Waals surface area contributed by atoms with E-state index in [0.29, 0.717) is 29.6 Å². The summed E-state index contributed by atoms with van der Waals surface area (Å²) in [6.07, 6.45) is -0.241. The molecule has 1 atom stereocenters. The van der Waals surface area contributed by atoms with Crippen LogP contribution in [0.15, 0.2) is 65.9 Å². The Morgan fingerprint density at radius 1 is 1.17 bits per heavy atom. The van der Waals surface area contributed by atoms with Gasteiger partial charge in [-0.25, -0.2) is 4.79 Å². The zero-order valence-corrected chi connectivity index (χ0v) is 17.1. The van der Waals surface area contributed by atoms with Crippen molar-refractivity contribution in [1.82, 2.24) is 20.2 Å². The molecular weight excluding hydrogens is 382 g/mol. The monoisotopic (exact) mass is 405 g/mol. The molecule has 1 aliphatic rings. The van der Waals surface area contributed by atoms with Crippen molar-refractivity contribution in [2.24, 2.45) is 0 Å². The van der Waals surface area contributed by atoms with Gasteiger partial charge in [0.05, 0.1) is 11.7 Å². The van der Waals surface area contributed by atoms with Gasteiger partial charge in [0.2, 0.25) is 5.95 Å². The van der Waals surface area contributed by atoms with E-state index in [4.69, 9.17) is 9.47 Å². The summed E-state index contributed by atoms with van der Waals surface area (Å²) in [5.41, 5.74) is 3.02. The molecule has 0 aliphatic carbocycles. The Morgan fingerprint density at radius 3 is 2.73 bits per heavy atom. The van der Waals surface area contributed by atoms with Crippen molar-refractivity contribution >= 4 is 11.9 Å². The van der Waals surface area contributed by atoms with Gasteiger partial charge < -0.3 is 14.8 Å². The van der Waals surface area contributed by atoms with Crippen molar-refractivity contribution in [3.8, 4) is 5.75 Å². The number of benzene rings is 2. The van der Waals surface area contributed by atoms with Gasteiger partial charge in [-0.2, -0.15) is 4.68 Å². The van der Waals surface area contributed by atoms with E-state index < -0.39 is 12.0 Å². The fourth-order valence-corrected chi connectivity index (χ4v) is 3.38. The van der Waals surface area contributed by atoms with E-state index in [9.17, 15) is 4.79 Å². The van der Waals surface area contributed by atoms with Crippen LogP contribution in [0.3, 0.4) is 0 Å². The molecule has 0 bridgehead atoms. The second kappa shape index (κ2) is 8.36. The highest BCUT2D eigenvalue weighted by atomic mass is 16.5. The summed E-state index contributed by atoms with van der Waals surface area (Å²) < 4.78 is 13.0. The van der Waals surface area contributed by atoms with Crippen LogP contribution < -0.4 is 10.1 Å². The molecule has 154 valence electrons. The fourth-order valence-electron chi connectivity index (χ4n) is 3.38. The number of hydrogen-bond donors (Lipinski definition) is 1. The largest absolute Gasteiger partial charge is 0.489 e. The summed E-state index contributed by atoms with van der Waals surface area (Å²) in [4.78, 5) is 12.9. The molecule has 0 saturated heterocycles. The third kappa shape index (κ3) is 4.03. The number of ether oxygens (including phenoxy) is 2. The van der Waals surface area contributed by atoms with E-state index in [2.05, 4.69) is 20.8 Å². The first-order valence-corrected chi connectivity index (χ1v) is 9.76. The quantitative estimate of drug-likeness (QED) is 0.628. The number of carbonyl (C=O) groups is 1. The van der Waals surface area contributed by atoms with Gasteiger partial charge in [-0.1, -0.05) is 47.6 Å². The number of rotatable bonds is 6. The highest BCUT2D eigenvalue weighted by Gasteiger charge is 2.35. The van der Waals surface area contributed by atoms with Gasteiger partial charge in [-0.05, 0) is 54.5 Å². The van der Waals surface area contributed by atoms with Gasteiger partial charge in [0, 0.05) is 5.70 Å². The third-order valence-corrected chi connectivity index (χ3v) is 4.70. The first kappa shape index (κ1) is 19.6. The molecule has 4 rings (SSSR count). The van der Waals surface area contributed by atoms with E-state index in [0.717, 1.165) is 11.1 Å². The molecule has 0 spiro atoms. The Hall–Kier alpha value is -3.68. The first-order valence-electron chi connectivity index (χ1n) is 9.76. The highest BCUT2D eigenvalue weighted by molar-refractivity contribution is 5.92. The minimum atomic E-state index is -0.525. The van der Waals surface area contributed by atoms with E-state index in [1.165, 1.54) is 0 Å². The summed E-state index contributed by atoms with van der Waals surface area (Å²) >= 11 is 0. The molecule has 1 aliphatic heterocycles. The smallest absolute Gasteiger partial charge is 0.338 e. The number of aromatic nitrogens is 4. The second-order valence-electron chi connectivity index (χ2n) is 7.31. The molecule has 1 aromatic heterocycles. The van der Waals surface area contributed by atoms with Crippen LogP contribution in [0.5, 0.6) is 5.75 Å². The second-order valence-corrected chi connectivity index (χ2v) is 7.31. The van der Waals surface area contributed by atoms with Crippen molar-refractivity contribution in [3.05, 3.63) is 77.0 Å². The Kier molecular flexibility index (Phi) is 5.47. The Morgan fingerprint density at radius 2 is 1.97 bits per heavy atom. The molecule has 0 amide bonds. The van der Waals surface area contributed by atoms with Gasteiger partial charge in [0.1, 0.15) is 18.4 Å². The average molecular weight is 405 g/mol. The number of fused-ring (bicyclic) bond motifs is 1. The Balaban J connectivity index is 1.67. The number of carbonyl (C=O) groups excluding carboxylic acids is 1. The van der Waals surface area contributed by atoms with Crippen LogP contribution in [0.1, 0.15) is 37.9 Å². The molecule has 0 radical (unpaired) electrons. The Labute approximate surface area is 174 Å². The number of tetrazole rings is 1. The summed E-state index contributed by atoms with van der Waals surface area (Å²) in [5, 5.41) is 14.9. The maximum atomic E-state index is 12.9. The topological polar surface area (TPSA) is 91.2 Å². The van der Waals surface area contributed by atoms with Crippen molar-refractivity contribution < 1.29 is 14.3 Å². The number of esters is 1. The molecule has 0 fully saturated rings. The van der Waals surface area contributed by atoms with E-state index in [1.807, 2.05) is 75.4 Å². The van der Waals surface area contributed by atoms with Gasteiger partial charge in [0.15, 0.2) is 0 Å². The van der Waals surface area contributed by atoms with Crippen LogP contribution in [-0.2, 0) is 16.1 Å². The molecular formula is C22H23N5O3. The molecule has 8 heteroatoms. The van der Waals surface area contributed by atoms with Gasteiger partial charge >= 0.3 is 5.97 Å². The zero-order valence-electron chi connectivity index (χ0n) is 17.1. The summed E-state index contributed by atoms with van der Waals surface area (Å²) in [6.45, 7) is 5.90. The average Bonchev–Trinajstić information content (AvgIpc) is 3.19. The first-order chi connectivity index (χ1) is 14.5. The Bertz CT molecular complexity index is 1080. The molecule has 0 saturated carbocycles. The number of hydrogen-bond acceptors (Lipinski definition) is 7. The standard InChI is InChI=1S/C22H23N5O3/c1-14(2)30-21(28)19-15(3)23-22-24-25-26-27(22)20(19)17-10-7-11-18(12-17)29-13-16-8-5-4-6-9-16/h4-12,14,20H,13H2,1-3H3,(H,23,24,26). The zero-order chi connectivity index (χ0) is 21.1. The van der Waals surface area contributed by atoms with E-state index in [-0.39, 0.29) is 6.10 Å². The normalized spacial score (nSPS) is 15.5.